The first-order valence-corrected chi connectivity index (χ1v) is 5.68. The monoisotopic (exact) mass is 277 g/mol. The Balaban J connectivity index is 0.000000963. The van der Waals surface area contributed by atoms with Gasteiger partial charge in [-0.3, -0.25) is 0 Å². The molecule has 2 bridgehead atoms. The lowest BCUT2D eigenvalue weighted by Gasteiger charge is -2.15. The summed E-state index contributed by atoms with van der Waals surface area (Å²) in [5.41, 5.74) is 1.26. The zero-order chi connectivity index (χ0) is 10.3. The molecule has 2 aliphatic carbocycles. The van der Waals surface area contributed by atoms with Crippen LogP contribution in [0.25, 0.3) is 5.70 Å². The van der Waals surface area contributed by atoms with E-state index >= 15 is 0 Å². The Morgan fingerprint density at radius 1 is 1.06 bits per heavy atom. The summed E-state index contributed by atoms with van der Waals surface area (Å²) in [7, 11) is 0. The summed E-state index contributed by atoms with van der Waals surface area (Å²) in [6, 6.07) is 6.17. The van der Waals surface area contributed by atoms with Crippen molar-refractivity contribution in [1.82, 2.24) is 0 Å². The van der Waals surface area contributed by atoms with Gasteiger partial charge in [0.2, 0.25) is 0 Å². The van der Waals surface area contributed by atoms with Gasteiger partial charge < -0.3 is 17.0 Å². The number of aromatic nitrogens is 1. The molecule has 2 aliphatic rings. The molecule has 0 aromatic carbocycles. The van der Waals surface area contributed by atoms with E-state index in [1.54, 1.807) is 0 Å². The molecule has 0 spiro atoms. The van der Waals surface area contributed by atoms with Gasteiger partial charge in [0.15, 0.2) is 18.1 Å². The summed E-state index contributed by atoms with van der Waals surface area (Å²) in [6.07, 6.45) is 11.6. The van der Waals surface area contributed by atoms with E-state index in [0.29, 0.717) is 5.92 Å². The highest BCUT2D eigenvalue weighted by molar-refractivity contribution is 5.37. The van der Waals surface area contributed by atoms with Crippen molar-refractivity contribution >= 4 is 5.70 Å². The first kappa shape index (κ1) is 11.6. The molecule has 1 saturated carbocycles. The molecular weight excluding hydrogens is 262 g/mol. The van der Waals surface area contributed by atoms with E-state index in [2.05, 4.69) is 47.8 Å². The molecule has 3 rings (SSSR count). The number of rotatable bonds is 2. The predicted molar refractivity (Wildman–Crippen MR) is 60.8 cm³/mol. The van der Waals surface area contributed by atoms with Crippen molar-refractivity contribution in [2.45, 2.75) is 12.8 Å². The van der Waals surface area contributed by atoms with Crippen molar-refractivity contribution in [2.24, 2.45) is 17.8 Å². The summed E-state index contributed by atoms with van der Waals surface area (Å²) in [5, 5.41) is 0. The van der Waals surface area contributed by atoms with Gasteiger partial charge in [-0.2, -0.15) is 4.57 Å². The van der Waals surface area contributed by atoms with Gasteiger partial charge in [0.1, 0.15) is 0 Å². The van der Waals surface area contributed by atoms with Crippen LogP contribution in [0.2, 0.25) is 0 Å². The molecule has 2 heteroatoms. The fourth-order valence-corrected chi connectivity index (χ4v) is 2.95. The van der Waals surface area contributed by atoms with Crippen molar-refractivity contribution in [2.75, 3.05) is 0 Å². The zero-order valence-electron chi connectivity index (χ0n) is 9.22. The third-order valence-electron chi connectivity index (χ3n) is 3.75. The second-order valence-corrected chi connectivity index (χ2v) is 4.66. The lowest BCUT2D eigenvalue weighted by molar-refractivity contribution is -0.586. The van der Waals surface area contributed by atoms with Crippen LogP contribution in [0.15, 0.2) is 49.3 Å². The minimum Gasteiger partial charge on any atom is -1.00 e. The molecule has 16 heavy (non-hydrogen) atoms. The van der Waals surface area contributed by atoms with E-state index < -0.39 is 0 Å². The quantitative estimate of drug-likeness (QED) is 0.515. The van der Waals surface area contributed by atoms with Crippen molar-refractivity contribution in [3.05, 3.63) is 49.3 Å². The number of hydrogen-bond acceptors (Lipinski definition) is 0. The van der Waals surface area contributed by atoms with E-state index in [1.165, 1.54) is 18.5 Å². The zero-order valence-corrected chi connectivity index (χ0v) is 10.8. The number of halogens is 1. The van der Waals surface area contributed by atoms with Gasteiger partial charge in [0, 0.05) is 12.1 Å². The first-order chi connectivity index (χ1) is 7.34. The Labute approximate surface area is 107 Å². The highest BCUT2D eigenvalue weighted by Crippen LogP contribution is 2.46. The van der Waals surface area contributed by atoms with Gasteiger partial charge in [-0.05, 0) is 31.3 Å². The average molecular weight is 278 g/mol. The van der Waals surface area contributed by atoms with Gasteiger partial charge in [-0.25, -0.2) is 0 Å². The van der Waals surface area contributed by atoms with E-state index in [0.717, 1.165) is 11.8 Å². The molecule has 0 radical (unpaired) electrons. The van der Waals surface area contributed by atoms with Crippen LogP contribution < -0.4 is 21.5 Å². The lowest BCUT2D eigenvalue weighted by Crippen LogP contribution is -3.00. The van der Waals surface area contributed by atoms with Crippen molar-refractivity contribution in [1.29, 1.82) is 0 Å². The molecule has 1 heterocycles. The minimum atomic E-state index is 0. The largest absolute Gasteiger partial charge is 1.00 e. The molecule has 1 fully saturated rings. The van der Waals surface area contributed by atoms with Crippen LogP contribution in [-0.4, -0.2) is 0 Å². The Morgan fingerprint density at radius 3 is 2.38 bits per heavy atom. The number of pyridine rings is 1. The summed E-state index contributed by atoms with van der Waals surface area (Å²) >= 11 is 0. The normalized spacial score (nSPS) is 30.1. The summed E-state index contributed by atoms with van der Waals surface area (Å²) < 4.78 is 2.17. The second kappa shape index (κ2) is 4.54. The molecule has 1 nitrogen and oxygen atoms in total. The Morgan fingerprint density at radius 2 is 1.81 bits per heavy atom. The van der Waals surface area contributed by atoms with Crippen LogP contribution >= 0.6 is 0 Å². The first-order valence-electron chi connectivity index (χ1n) is 5.68. The maximum atomic E-state index is 4.25. The Kier molecular flexibility index (Phi) is 3.29. The van der Waals surface area contributed by atoms with Crippen molar-refractivity contribution in [3.63, 3.8) is 0 Å². The molecule has 0 N–H and O–H groups in total. The number of fused-ring (bicyclic) bond motifs is 2. The highest BCUT2D eigenvalue weighted by Gasteiger charge is 2.40. The fourth-order valence-electron chi connectivity index (χ4n) is 2.95. The SMILES string of the molecule is C=C([C@H]1C[C@H]2C=C[C@@H]1C2)[n+]1ccccc1.[Br-]. The lowest BCUT2D eigenvalue weighted by atomic mass is 9.91. The molecule has 1 aromatic rings. The van der Waals surface area contributed by atoms with Gasteiger partial charge in [-0.15, -0.1) is 0 Å². The van der Waals surface area contributed by atoms with Gasteiger partial charge in [0.05, 0.1) is 5.92 Å². The molecule has 0 saturated heterocycles. The van der Waals surface area contributed by atoms with Crippen molar-refractivity contribution < 1.29 is 21.5 Å². The molecule has 0 aliphatic heterocycles. The molecule has 3 atom stereocenters. The summed E-state index contributed by atoms with van der Waals surface area (Å²) in [4.78, 5) is 0. The molecule has 84 valence electrons. The predicted octanol–water partition coefficient (Wildman–Crippen LogP) is -0.339. The van der Waals surface area contributed by atoms with E-state index in [4.69, 9.17) is 0 Å². The number of hydrogen-bond donors (Lipinski definition) is 0. The van der Waals surface area contributed by atoms with E-state index in [9.17, 15) is 0 Å². The fraction of sp³-hybridized carbons (Fsp3) is 0.357. The molecule has 0 unspecified atom stereocenters. The average Bonchev–Trinajstić information content (AvgIpc) is 2.91. The van der Waals surface area contributed by atoms with Crippen LogP contribution in [0.5, 0.6) is 0 Å². The third-order valence-corrected chi connectivity index (χ3v) is 3.75. The highest BCUT2D eigenvalue weighted by atomic mass is 79.9. The van der Waals surface area contributed by atoms with Gasteiger partial charge >= 0.3 is 0 Å². The maximum absolute atomic E-state index is 4.25. The topological polar surface area (TPSA) is 3.88 Å². The smallest absolute Gasteiger partial charge is 0.183 e. The van der Waals surface area contributed by atoms with Crippen LogP contribution in [-0.2, 0) is 0 Å². The second-order valence-electron chi connectivity index (χ2n) is 4.66. The molecule has 1 aromatic heterocycles. The van der Waals surface area contributed by atoms with E-state index in [1.807, 2.05) is 6.07 Å². The number of allylic oxidation sites excluding steroid dienone is 3. The van der Waals surface area contributed by atoms with Crippen LogP contribution in [0.3, 0.4) is 0 Å². The van der Waals surface area contributed by atoms with Crippen LogP contribution in [0.4, 0.5) is 0 Å². The molecular formula is C14H16BrN. The standard InChI is InChI=1S/C14H16N.BrH/c1-11(15-7-3-2-4-8-15)14-10-12-5-6-13(14)9-12;/h2-8,12-14H,1,9-10H2;1H/q+1;/p-1/t12-,13+,14+;/m0./s1. The van der Waals surface area contributed by atoms with Crippen LogP contribution in [0, 0.1) is 17.8 Å². The summed E-state index contributed by atoms with van der Waals surface area (Å²) in [6.45, 7) is 4.25. The van der Waals surface area contributed by atoms with Crippen molar-refractivity contribution in [3.8, 4) is 0 Å². The third kappa shape index (κ3) is 1.86. The Bertz CT molecular complexity index is 410. The van der Waals surface area contributed by atoms with Crippen LogP contribution in [0.1, 0.15) is 12.8 Å². The van der Waals surface area contributed by atoms with Gasteiger partial charge in [-0.1, -0.05) is 18.2 Å². The van der Waals surface area contributed by atoms with E-state index in [-0.39, 0.29) is 17.0 Å². The summed E-state index contributed by atoms with van der Waals surface area (Å²) in [5.74, 6) is 2.23. The minimum absolute atomic E-state index is 0. The van der Waals surface area contributed by atoms with Gasteiger partial charge in [0.25, 0.3) is 0 Å². The molecule has 0 amide bonds. The Hall–Kier alpha value is -0.890. The maximum Gasteiger partial charge on any atom is 0.183 e. The number of nitrogens with zero attached hydrogens (tertiary/aromatic N) is 1.